The molecule has 2 aromatic heterocycles. The van der Waals surface area contributed by atoms with Crippen molar-refractivity contribution < 1.29 is 9.59 Å². The summed E-state index contributed by atoms with van der Waals surface area (Å²) in [5, 5.41) is 5.79. The Balaban J connectivity index is 1.82. The smallest absolute Gasteiger partial charge is 0.258 e. The van der Waals surface area contributed by atoms with Crippen LogP contribution in [0.2, 0.25) is 10.3 Å². The number of anilines is 2. The normalized spacial score (nSPS) is 10.3. The standard InChI is InChI=1S/C19H14Cl2N4O2/c1-11-14(24-18(26)12-5-3-9-22-16(12)20)7-2-8-15(11)25-19(27)13-6-4-10-23-17(13)21/h2-10H,1H3,(H,24,26)(H,25,27). The van der Waals surface area contributed by atoms with Crippen LogP contribution in [-0.2, 0) is 0 Å². The summed E-state index contributed by atoms with van der Waals surface area (Å²) in [5.41, 5.74) is 2.27. The van der Waals surface area contributed by atoms with Gasteiger partial charge in [-0.15, -0.1) is 0 Å². The van der Waals surface area contributed by atoms with Gasteiger partial charge in [-0.25, -0.2) is 9.97 Å². The largest absolute Gasteiger partial charge is 0.322 e. The van der Waals surface area contributed by atoms with Gasteiger partial charge in [0.05, 0.1) is 11.1 Å². The van der Waals surface area contributed by atoms with Crippen LogP contribution in [0, 0.1) is 6.92 Å². The molecule has 2 N–H and O–H groups in total. The van der Waals surface area contributed by atoms with E-state index in [2.05, 4.69) is 20.6 Å². The Morgan fingerprint density at radius 2 is 1.22 bits per heavy atom. The average molecular weight is 401 g/mol. The molecule has 1 aromatic carbocycles. The third kappa shape index (κ3) is 4.24. The zero-order valence-corrected chi connectivity index (χ0v) is 15.7. The lowest BCUT2D eigenvalue weighted by atomic mass is 10.1. The van der Waals surface area contributed by atoms with Crippen molar-refractivity contribution in [3.05, 3.63) is 81.9 Å². The maximum absolute atomic E-state index is 12.4. The lowest BCUT2D eigenvalue weighted by Crippen LogP contribution is -2.16. The topological polar surface area (TPSA) is 84.0 Å². The molecule has 0 unspecified atom stereocenters. The third-order valence-electron chi connectivity index (χ3n) is 3.84. The van der Waals surface area contributed by atoms with E-state index in [9.17, 15) is 9.59 Å². The van der Waals surface area contributed by atoms with E-state index >= 15 is 0 Å². The molecule has 0 aliphatic heterocycles. The molecule has 8 heteroatoms. The van der Waals surface area contributed by atoms with Gasteiger partial charge in [-0.3, -0.25) is 9.59 Å². The summed E-state index contributed by atoms with van der Waals surface area (Å²) >= 11 is 11.9. The van der Waals surface area contributed by atoms with E-state index in [0.29, 0.717) is 16.9 Å². The van der Waals surface area contributed by atoms with Crippen LogP contribution in [0.25, 0.3) is 0 Å². The Morgan fingerprint density at radius 3 is 1.63 bits per heavy atom. The molecule has 0 aliphatic carbocycles. The molecule has 0 saturated carbocycles. The molecular formula is C19H14Cl2N4O2. The fourth-order valence-electron chi connectivity index (χ4n) is 2.40. The van der Waals surface area contributed by atoms with Gasteiger partial charge in [-0.2, -0.15) is 0 Å². The minimum absolute atomic E-state index is 0.114. The molecule has 0 bridgehead atoms. The predicted molar refractivity (Wildman–Crippen MR) is 106 cm³/mol. The Labute approximate surface area is 165 Å². The number of carbonyl (C=O) groups excluding carboxylic acids is 2. The predicted octanol–water partition coefficient (Wildman–Crippen LogP) is 4.60. The van der Waals surface area contributed by atoms with Crippen LogP contribution in [0.4, 0.5) is 11.4 Å². The van der Waals surface area contributed by atoms with E-state index in [1.165, 1.54) is 12.4 Å². The van der Waals surface area contributed by atoms with Crippen molar-refractivity contribution in [1.82, 2.24) is 9.97 Å². The number of aromatic nitrogens is 2. The fraction of sp³-hybridized carbons (Fsp3) is 0.0526. The summed E-state index contributed by atoms with van der Waals surface area (Å²) in [4.78, 5) is 32.7. The molecule has 136 valence electrons. The quantitative estimate of drug-likeness (QED) is 0.626. The minimum atomic E-state index is -0.394. The molecule has 3 rings (SSSR count). The highest BCUT2D eigenvalue weighted by atomic mass is 35.5. The third-order valence-corrected chi connectivity index (χ3v) is 4.44. The van der Waals surface area contributed by atoms with Gasteiger partial charge in [-0.1, -0.05) is 29.3 Å². The van der Waals surface area contributed by atoms with Gasteiger partial charge in [0.15, 0.2) is 0 Å². The Kier molecular flexibility index (Phi) is 5.69. The van der Waals surface area contributed by atoms with Crippen molar-refractivity contribution in [2.45, 2.75) is 6.92 Å². The molecule has 3 aromatic rings. The number of carbonyl (C=O) groups is 2. The van der Waals surface area contributed by atoms with E-state index < -0.39 is 11.8 Å². The van der Waals surface area contributed by atoms with Crippen LogP contribution >= 0.6 is 23.2 Å². The van der Waals surface area contributed by atoms with Gasteiger partial charge < -0.3 is 10.6 Å². The molecule has 0 spiro atoms. The summed E-state index contributed by atoms with van der Waals surface area (Å²) in [6, 6.07) is 11.6. The molecule has 0 saturated heterocycles. The molecule has 2 heterocycles. The monoisotopic (exact) mass is 400 g/mol. The lowest BCUT2D eigenvalue weighted by Gasteiger charge is -2.14. The van der Waals surface area contributed by atoms with Gasteiger partial charge >= 0.3 is 0 Å². The number of nitrogens with one attached hydrogen (secondary N) is 2. The number of pyridine rings is 2. The Bertz CT molecular complexity index is 946. The van der Waals surface area contributed by atoms with Crippen molar-refractivity contribution >= 4 is 46.4 Å². The summed E-state index contributed by atoms with van der Waals surface area (Å²) < 4.78 is 0. The van der Waals surface area contributed by atoms with Gasteiger partial charge in [0.25, 0.3) is 11.8 Å². The van der Waals surface area contributed by atoms with Gasteiger partial charge in [0.1, 0.15) is 10.3 Å². The summed E-state index contributed by atoms with van der Waals surface area (Å²) in [6.45, 7) is 1.78. The molecule has 27 heavy (non-hydrogen) atoms. The SMILES string of the molecule is Cc1c(NC(=O)c2cccnc2Cl)cccc1NC(=O)c1cccnc1Cl. The number of hydrogen-bond donors (Lipinski definition) is 2. The molecule has 6 nitrogen and oxygen atoms in total. The Morgan fingerprint density at radius 1 is 0.778 bits per heavy atom. The van der Waals surface area contributed by atoms with Crippen molar-refractivity contribution in [3.8, 4) is 0 Å². The lowest BCUT2D eigenvalue weighted by molar-refractivity contribution is 0.101. The van der Waals surface area contributed by atoms with E-state index in [-0.39, 0.29) is 21.4 Å². The number of amides is 2. The number of rotatable bonds is 4. The van der Waals surface area contributed by atoms with Gasteiger partial charge in [-0.05, 0) is 48.9 Å². The summed E-state index contributed by atoms with van der Waals surface area (Å²) in [5.74, 6) is -0.787. The highest BCUT2D eigenvalue weighted by Gasteiger charge is 2.15. The summed E-state index contributed by atoms with van der Waals surface area (Å²) in [6.07, 6.45) is 3.01. The zero-order chi connectivity index (χ0) is 19.4. The van der Waals surface area contributed by atoms with E-state index in [1.54, 1.807) is 49.4 Å². The van der Waals surface area contributed by atoms with Crippen molar-refractivity contribution in [2.75, 3.05) is 10.6 Å². The van der Waals surface area contributed by atoms with Crippen LogP contribution in [0.3, 0.4) is 0 Å². The first-order valence-corrected chi connectivity index (χ1v) is 8.66. The van der Waals surface area contributed by atoms with Crippen LogP contribution < -0.4 is 10.6 Å². The fourth-order valence-corrected chi connectivity index (χ4v) is 2.81. The molecular weight excluding hydrogens is 387 g/mol. The van der Waals surface area contributed by atoms with Crippen LogP contribution in [0.1, 0.15) is 26.3 Å². The van der Waals surface area contributed by atoms with Crippen molar-refractivity contribution in [3.63, 3.8) is 0 Å². The van der Waals surface area contributed by atoms with Crippen molar-refractivity contribution in [2.24, 2.45) is 0 Å². The van der Waals surface area contributed by atoms with E-state index in [4.69, 9.17) is 23.2 Å². The van der Waals surface area contributed by atoms with Crippen molar-refractivity contribution in [1.29, 1.82) is 0 Å². The maximum atomic E-state index is 12.4. The number of hydrogen-bond acceptors (Lipinski definition) is 4. The van der Waals surface area contributed by atoms with E-state index in [0.717, 1.165) is 0 Å². The minimum Gasteiger partial charge on any atom is -0.322 e. The molecule has 0 aliphatic rings. The van der Waals surface area contributed by atoms with Gasteiger partial charge in [0.2, 0.25) is 0 Å². The first-order valence-electron chi connectivity index (χ1n) is 7.90. The van der Waals surface area contributed by atoms with E-state index in [1.807, 2.05) is 0 Å². The molecule has 0 fully saturated rings. The first-order chi connectivity index (χ1) is 13.0. The zero-order valence-electron chi connectivity index (χ0n) is 14.2. The maximum Gasteiger partial charge on any atom is 0.258 e. The second kappa shape index (κ2) is 8.16. The number of halogens is 2. The molecule has 2 amide bonds. The highest BCUT2D eigenvalue weighted by molar-refractivity contribution is 6.33. The van der Waals surface area contributed by atoms with Crippen LogP contribution in [0.15, 0.2) is 54.9 Å². The number of benzene rings is 1. The number of nitrogens with zero attached hydrogens (tertiary/aromatic N) is 2. The second-order valence-electron chi connectivity index (χ2n) is 5.57. The Hall–Kier alpha value is -2.96. The van der Waals surface area contributed by atoms with Gasteiger partial charge in [0, 0.05) is 23.8 Å². The summed E-state index contributed by atoms with van der Waals surface area (Å²) in [7, 11) is 0. The highest BCUT2D eigenvalue weighted by Crippen LogP contribution is 2.25. The first kappa shape index (κ1) is 18.8. The molecule has 0 radical (unpaired) electrons. The van der Waals surface area contributed by atoms with Crippen LogP contribution in [-0.4, -0.2) is 21.8 Å². The molecule has 0 atom stereocenters. The second-order valence-corrected chi connectivity index (χ2v) is 6.29. The van der Waals surface area contributed by atoms with Crippen LogP contribution in [0.5, 0.6) is 0 Å². The average Bonchev–Trinajstić information content (AvgIpc) is 2.65.